The van der Waals surface area contributed by atoms with Crippen molar-refractivity contribution in [1.29, 1.82) is 10.5 Å². The summed E-state index contributed by atoms with van der Waals surface area (Å²) in [6.45, 7) is 3.61. The lowest BCUT2D eigenvalue weighted by Crippen LogP contribution is -2.65. The monoisotopic (exact) mass is 848 g/mol. The summed E-state index contributed by atoms with van der Waals surface area (Å²) in [4.78, 5) is 58.7. The molecule has 2 aliphatic rings. The molecule has 4 aromatic carbocycles. The number of carbonyl (C=O) groups is 4. The van der Waals surface area contributed by atoms with Crippen LogP contribution in [-0.4, -0.2) is 89.6 Å². The number of hydrogen-bond acceptors (Lipinski definition) is 7. The molecule has 320 valence electrons. The minimum absolute atomic E-state index is 0.150. The van der Waals surface area contributed by atoms with E-state index in [1.54, 1.807) is 69.6 Å². The fourth-order valence-corrected chi connectivity index (χ4v) is 7.81. The second-order valence-electron chi connectivity index (χ2n) is 14.9. The number of carbonyl (C=O) groups excluding carboxylic acids is 4. The lowest BCUT2D eigenvalue weighted by Gasteiger charge is -2.47. The molecule has 0 radical (unpaired) electrons. The molecule has 6 rings (SSSR count). The number of nitrogens with zero attached hydrogens (tertiary/aromatic N) is 6. The largest absolute Gasteiger partial charge is 0.496 e. The fraction of sp³-hybridized carbons (Fsp3) is 0.277. The van der Waals surface area contributed by atoms with E-state index < -0.39 is 45.9 Å². The van der Waals surface area contributed by atoms with Gasteiger partial charge in [-0.3, -0.25) is 19.2 Å². The van der Waals surface area contributed by atoms with Gasteiger partial charge in [-0.2, -0.15) is 10.5 Å². The van der Waals surface area contributed by atoms with Crippen LogP contribution < -0.4 is 4.74 Å². The highest BCUT2D eigenvalue weighted by Crippen LogP contribution is 2.37. The normalized spacial score (nSPS) is 20.3. The van der Waals surface area contributed by atoms with E-state index in [1.165, 1.54) is 66.2 Å². The number of nitriles is 2. The number of hydrogen-bond donors (Lipinski definition) is 0. The molecular formula is C47H44F4N6O5. The summed E-state index contributed by atoms with van der Waals surface area (Å²) in [6.07, 6.45) is 3.62. The van der Waals surface area contributed by atoms with E-state index in [9.17, 15) is 47.3 Å². The number of benzene rings is 4. The van der Waals surface area contributed by atoms with Crippen LogP contribution in [0.2, 0.25) is 0 Å². The van der Waals surface area contributed by atoms with Crippen LogP contribution in [0, 0.1) is 45.9 Å². The van der Waals surface area contributed by atoms with Gasteiger partial charge in [0, 0.05) is 52.2 Å². The van der Waals surface area contributed by atoms with Crippen LogP contribution in [0.25, 0.3) is 12.2 Å². The zero-order chi connectivity index (χ0) is 45.7. The van der Waals surface area contributed by atoms with Crippen LogP contribution in [-0.2, 0) is 32.0 Å². The van der Waals surface area contributed by atoms with Crippen molar-refractivity contribution in [3.8, 4) is 17.9 Å². The lowest BCUT2D eigenvalue weighted by atomic mass is 9.82. The number of amides is 4. The summed E-state index contributed by atoms with van der Waals surface area (Å²) in [5.74, 6) is -4.40. The van der Waals surface area contributed by atoms with Crippen molar-refractivity contribution in [2.45, 2.75) is 50.6 Å². The quantitative estimate of drug-likeness (QED) is 0.131. The molecule has 0 spiro atoms. The Morgan fingerprint density at radius 1 is 0.613 bits per heavy atom. The Balaban J connectivity index is 0.000000234. The molecule has 2 fully saturated rings. The van der Waals surface area contributed by atoms with E-state index in [4.69, 9.17) is 4.74 Å². The molecule has 0 saturated carbocycles. The van der Waals surface area contributed by atoms with E-state index >= 15 is 0 Å². The molecule has 2 aliphatic heterocycles. The Labute approximate surface area is 357 Å². The zero-order valence-corrected chi connectivity index (χ0v) is 35.2. The Kier molecular flexibility index (Phi) is 13.7. The molecule has 15 heteroatoms. The van der Waals surface area contributed by atoms with Crippen LogP contribution in [0.3, 0.4) is 0 Å². The van der Waals surface area contributed by atoms with Crippen molar-refractivity contribution in [3.63, 3.8) is 0 Å². The average Bonchev–Trinajstić information content (AvgIpc) is 3.28. The van der Waals surface area contributed by atoms with Crippen molar-refractivity contribution >= 4 is 35.8 Å². The third-order valence-corrected chi connectivity index (χ3v) is 11.7. The molecule has 2 saturated heterocycles. The topological polar surface area (TPSA) is 138 Å². The molecule has 11 nitrogen and oxygen atoms in total. The Morgan fingerprint density at radius 2 is 1.03 bits per heavy atom. The minimum atomic E-state index is -1.28. The Bertz CT molecular complexity index is 2570. The predicted octanol–water partition coefficient (Wildman–Crippen LogP) is 7.01. The molecule has 0 aromatic heterocycles. The van der Waals surface area contributed by atoms with Gasteiger partial charge >= 0.3 is 0 Å². The molecule has 62 heavy (non-hydrogen) atoms. The van der Waals surface area contributed by atoms with Crippen molar-refractivity contribution in [3.05, 3.63) is 147 Å². The maximum Gasteiger partial charge on any atom is 0.271 e. The summed E-state index contributed by atoms with van der Waals surface area (Å²) in [6, 6.07) is 22.4. The first kappa shape index (κ1) is 45.8. The van der Waals surface area contributed by atoms with Crippen molar-refractivity contribution < 1.29 is 41.5 Å². The van der Waals surface area contributed by atoms with E-state index in [-0.39, 0.29) is 53.9 Å². The summed E-state index contributed by atoms with van der Waals surface area (Å²) in [7, 11) is 7.46. The average molecular weight is 849 g/mol. The lowest BCUT2D eigenvalue weighted by molar-refractivity contribution is -0.157. The van der Waals surface area contributed by atoms with Gasteiger partial charge in [0.15, 0.2) is 11.6 Å². The first-order valence-electron chi connectivity index (χ1n) is 19.4. The molecule has 0 N–H and O–H groups in total. The van der Waals surface area contributed by atoms with Gasteiger partial charge in [-0.15, -0.1) is 0 Å². The molecule has 0 bridgehead atoms. The number of likely N-dealkylation sites (N-methyl/N-ethyl adjacent to an activating group) is 4. The third kappa shape index (κ3) is 8.39. The highest BCUT2D eigenvalue weighted by molar-refractivity contribution is 6.10. The van der Waals surface area contributed by atoms with Crippen molar-refractivity contribution in [2.24, 2.45) is 0 Å². The second kappa shape index (κ2) is 18.6. The maximum atomic E-state index is 14.4. The van der Waals surface area contributed by atoms with E-state index in [0.717, 1.165) is 28.7 Å². The molecule has 4 aromatic rings. The Hall–Kier alpha value is -7.26. The number of halogens is 4. The van der Waals surface area contributed by atoms with Crippen LogP contribution in [0.5, 0.6) is 5.75 Å². The van der Waals surface area contributed by atoms with Crippen molar-refractivity contribution in [2.75, 3.05) is 35.3 Å². The second-order valence-corrected chi connectivity index (χ2v) is 14.9. The van der Waals surface area contributed by atoms with Crippen LogP contribution in [0.4, 0.5) is 17.6 Å². The molecule has 2 atom stereocenters. The SMILES string of the molecule is CCC1(Cc2ccc(F)cc2)C(=O)N(C)/C(=C/c2c(C#N)ccc(F)c2F)C(=O)N1C.CCC1(Cc2ccc(F)cc2)C(=O)N(C)/C(=C/c2c(C#N)cccc2OC)C(=O)N1C. The van der Waals surface area contributed by atoms with Gasteiger partial charge in [0.05, 0.1) is 30.4 Å². The summed E-state index contributed by atoms with van der Waals surface area (Å²) in [5, 5.41) is 18.7. The number of ether oxygens (including phenoxy) is 1. The maximum absolute atomic E-state index is 14.4. The molecule has 4 amide bonds. The third-order valence-electron chi connectivity index (χ3n) is 11.7. The highest BCUT2D eigenvalue weighted by atomic mass is 19.2. The van der Waals surface area contributed by atoms with E-state index in [2.05, 4.69) is 6.07 Å². The first-order chi connectivity index (χ1) is 29.4. The van der Waals surface area contributed by atoms with Crippen LogP contribution >= 0.6 is 0 Å². The summed E-state index contributed by atoms with van der Waals surface area (Å²) in [5.41, 5.74) is -0.739. The van der Waals surface area contributed by atoms with Crippen LogP contribution in [0.15, 0.2) is 90.3 Å². The van der Waals surface area contributed by atoms with Crippen molar-refractivity contribution in [1.82, 2.24) is 19.6 Å². The predicted molar refractivity (Wildman–Crippen MR) is 222 cm³/mol. The van der Waals surface area contributed by atoms with Gasteiger partial charge in [0.25, 0.3) is 23.6 Å². The van der Waals surface area contributed by atoms with Gasteiger partial charge in [0.1, 0.15) is 39.9 Å². The van der Waals surface area contributed by atoms with Gasteiger partial charge in [-0.25, -0.2) is 17.6 Å². The Morgan fingerprint density at radius 3 is 1.44 bits per heavy atom. The summed E-state index contributed by atoms with van der Waals surface area (Å²) >= 11 is 0. The van der Waals surface area contributed by atoms with Gasteiger partial charge < -0.3 is 24.3 Å². The van der Waals surface area contributed by atoms with Gasteiger partial charge in [-0.1, -0.05) is 44.2 Å². The first-order valence-corrected chi connectivity index (χ1v) is 19.4. The smallest absolute Gasteiger partial charge is 0.271 e. The highest BCUT2D eigenvalue weighted by Gasteiger charge is 2.52. The van der Waals surface area contributed by atoms with E-state index in [0.29, 0.717) is 28.9 Å². The minimum Gasteiger partial charge on any atom is -0.496 e. The van der Waals surface area contributed by atoms with Gasteiger partial charge in [-0.05, 0) is 84.7 Å². The van der Waals surface area contributed by atoms with E-state index in [1.807, 2.05) is 6.92 Å². The van der Waals surface area contributed by atoms with Crippen LogP contribution in [0.1, 0.15) is 60.1 Å². The fourth-order valence-electron chi connectivity index (χ4n) is 7.81. The molecule has 0 aliphatic carbocycles. The number of piperazine rings is 2. The van der Waals surface area contributed by atoms with Gasteiger partial charge in [0.2, 0.25) is 0 Å². The zero-order valence-electron chi connectivity index (χ0n) is 35.2. The molecular weight excluding hydrogens is 805 g/mol. The molecule has 2 unspecified atom stereocenters. The number of rotatable bonds is 9. The number of methoxy groups -OCH3 is 1. The summed E-state index contributed by atoms with van der Waals surface area (Å²) < 4.78 is 60.0. The molecule has 2 heterocycles. The standard InChI is InChI=1S/C24H24FN3O3.C23H20F3N3O2/c1-5-24(14-16-9-11-18(25)12-10-16)23(30)27(2)20(22(29)28(24)3)13-19-17(15-26)7-6-8-21(19)31-4;1-4-23(12-14-5-8-16(24)9-6-14)22(31)28(2)19(21(30)29(23)3)11-17-15(13-27)7-10-18(25)20(17)26/h6-13H,5,14H2,1-4H3;5-11H,4,12H2,1-3H3/b20-13+;19-11+.